The predicted octanol–water partition coefficient (Wildman–Crippen LogP) is 4.35. The lowest BCUT2D eigenvalue weighted by Gasteiger charge is -2.18. The molecule has 1 saturated heterocycles. The van der Waals surface area contributed by atoms with E-state index in [-0.39, 0.29) is 11.9 Å². The van der Waals surface area contributed by atoms with Crippen LogP contribution in [0.15, 0.2) is 36.5 Å². The number of fused-ring (bicyclic) bond motifs is 2. The standard InChI is InChI=1S/C23H27N5O/c1-2-12-28-21(26-20-7-4-11-24-22(20)28)18-10-13-27(15-18)23(29)25-19-9-8-16-5-3-6-17(16)14-19/h4,7-9,11,14,18H,2-3,5-6,10,12-13,15H2,1H3,(H,25,29)/t18-/m0/s1. The van der Waals surface area contributed by atoms with E-state index in [9.17, 15) is 4.79 Å². The maximum atomic E-state index is 12.8. The summed E-state index contributed by atoms with van der Waals surface area (Å²) >= 11 is 0. The van der Waals surface area contributed by atoms with Gasteiger partial charge in [-0.3, -0.25) is 0 Å². The topological polar surface area (TPSA) is 63.1 Å². The molecule has 1 N–H and O–H groups in total. The Morgan fingerprint density at radius 3 is 3.03 bits per heavy atom. The lowest BCUT2D eigenvalue weighted by atomic mass is 10.1. The Bertz CT molecular complexity index is 1060. The first kappa shape index (κ1) is 18.2. The number of aromatic nitrogens is 3. The molecule has 0 bridgehead atoms. The Hall–Kier alpha value is -2.89. The number of anilines is 1. The van der Waals surface area contributed by atoms with Gasteiger partial charge in [0.2, 0.25) is 0 Å². The van der Waals surface area contributed by atoms with E-state index in [0.717, 1.165) is 61.4 Å². The van der Waals surface area contributed by atoms with Crippen LogP contribution in [-0.4, -0.2) is 38.6 Å². The average Bonchev–Trinajstić information content (AvgIpc) is 3.46. The van der Waals surface area contributed by atoms with Crippen molar-refractivity contribution in [2.24, 2.45) is 0 Å². The fourth-order valence-corrected chi connectivity index (χ4v) is 4.74. The molecular weight excluding hydrogens is 362 g/mol. The van der Waals surface area contributed by atoms with Gasteiger partial charge in [-0.1, -0.05) is 13.0 Å². The fraction of sp³-hybridized carbons (Fsp3) is 0.435. The van der Waals surface area contributed by atoms with Gasteiger partial charge in [0.15, 0.2) is 5.65 Å². The molecule has 0 unspecified atom stereocenters. The van der Waals surface area contributed by atoms with Crippen LogP contribution in [0.4, 0.5) is 10.5 Å². The van der Waals surface area contributed by atoms with Gasteiger partial charge < -0.3 is 14.8 Å². The van der Waals surface area contributed by atoms with Gasteiger partial charge in [-0.25, -0.2) is 14.8 Å². The zero-order valence-electron chi connectivity index (χ0n) is 16.9. The summed E-state index contributed by atoms with van der Waals surface area (Å²) in [5, 5.41) is 3.10. The molecule has 2 aliphatic rings. The normalized spacial score (nSPS) is 18.4. The lowest BCUT2D eigenvalue weighted by molar-refractivity contribution is 0.222. The Balaban J connectivity index is 1.32. The molecule has 0 spiro atoms. The summed E-state index contributed by atoms with van der Waals surface area (Å²) in [5.74, 6) is 1.31. The maximum absolute atomic E-state index is 12.8. The number of likely N-dealkylation sites (tertiary alicyclic amines) is 1. The van der Waals surface area contributed by atoms with E-state index in [2.05, 4.69) is 33.9 Å². The molecule has 0 radical (unpaired) electrons. The molecule has 0 saturated carbocycles. The molecule has 1 atom stereocenters. The quantitative estimate of drug-likeness (QED) is 0.721. The van der Waals surface area contributed by atoms with Crippen LogP contribution in [0, 0.1) is 0 Å². The van der Waals surface area contributed by atoms with Crippen LogP contribution in [0.5, 0.6) is 0 Å². The van der Waals surface area contributed by atoms with Crippen molar-refractivity contribution in [3.05, 3.63) is 53.5 Å². The molecule has 2 amide bonds. The number of aryl methyl sites for hydroxylation is 3. The third-order valence-electron chi connectivity index (χ3n) is 6.17. The molecule has 5 rings (SSSR count). The highest BCUT2D eigenvalue weighted by Crippen LogP contribution is 2.30. The number of amides is 2. The SMILES string of the molecule is CCCn1c([C@H]2CCN(C(=O)Nc3ccc4c(c3)CCC4)C2)nc2cccnc21. The van der Waals surface area contributed by atoms with Crippen molar-refractivity contribution in [2.45, 2.75) is 51.5 Å². The van der Waals surface area contributed by atoms with Gasteiger partial charge in [0.25, 0.3) is 0 Å². The molecule has 3 heterocycles. The third kappa shape index (κ3) is 3.37. The first-order valence-corrected chi connectivity index (χ1v) is 10.7. The minimum absolute atomic E-state index is 0.0123. The highest BCUT2D eigenvalue weighted by atomic mass is 16.2. The van der Waals surface area contributed by atoms with Crippen LogP contribution in [0.3, 0.4) is 0 Å². The number of nitrogens with one attached hydrogen (secondary N) is 1. The Morgan fingerprint density at radius 1 is 1.24 bits per heavy atom. The van der Waals surface area contributed by atoms with Crippen LogP contribution in [0.2, 0.25) is 0 Å². The zero-order chi connectivity index (χ0) is 19.8. The minimum atomic E-state index is -0.0123. The monoisotopic (exact) mass is 389 g/mol. The fourth-order valence-electron chi connectivity index (χ4n) is 4.74. The number of pyridine rings is 1. The van der Waals surface area contributed by atoms with E-state index in [1.54, 1.807) is 0 Å². The molecule has 6 heteroatoms. The van der Waals surface area contributed by atoms with Gasteiger partial charge in [0.05, 0.1) is 0 Å². The smallest absolute Gasteiger partial charge is 0.321 e. The van der Waals surface area contributed by atoms with Gasteiger partial charge in [-0.05, 0) is 67.5 Å². The van der Waals surface area contributed by atoms with E-state index in [4.69, 9.17) is 4.98 Å². The number of imidazole rings is 1. The number of hydrogen-bond acceptors (Lipinski definition) is 3. The number of benzene rings is 1. The highest BCUT2D eigenvalue weighted by molar-refractivity contribution is 5.89. The van der Waals surface area contributed by atoms with Crippen LogP contribution in [0.25, 0.3) is 11.2 Å². The second-order valence-electron chi connectivity index (χ2n) is 8.17. The minimum Gasteiger partial charge on any atom is -0.324 e. The lowest BCUT2D eigenvalue weighted by Crippen LogP contribution is -2.33. The van der Waals surface area contributed by atoms with Crippen molar-refractivity contribution in [2.75, 3.05) is 18.4 Å². The van der Waals surface area contributed by atoms with Gasteiger partial charge in [-0.2, -0.15) is 0 Å². The third-order valence-corrected chi connectivity index (χ3v) is 6.17. The number of nitrogens with zero attached hydrogens (tertiary/aromatic N) is 4. The van der Waals surface area contributed by atoms with Crippen molar-refractivity contribution in [3.63, 3.8) is 0 Å². The molecule has 29 heavy (non-hydrogen) atoms. The summed E-state index contributed by atoms with van der Waals surface area (Å²) < 4.78 is 2.24. The van der Waals surface area contributed by atoms with E-state index in [1.165, 1.54) is 17.5 Å². The summed E-state index contributed by atoms with van der Waals surface area (Å²) in [5.41, 5.74) is 5.60. The predicted molar refractivity (Wildman–Crippen MR) is 114 cm³/mol. The number of hydrogen-bond donors (Lipinski definition) is 1. The van der Waals surface area contributed by atoms with Crippen molar-refractivity contribution in [3.8, 4) is 0 Å². The number of rotatable bonds is 4. The van der Waals surface area contributed by atoms with Crippen molar-refractivity contribution in [1.82, 2.24) is 19.4 Å². The second kappa shape index (κ2) is 7.50. The summed E-state index contributed by atoms with van der Waals surface area (Å²) in [6.45, 7) is 4.53. The largest absolute Gasteiger partial charge is 0.324 e. The first-order chi connectivity index (χ1) is 14.2. The summed E-state index contributed by atoms with van der Waals surface area (Å²) in [6, 6.07) is 10.3. The summed E-state index contributed by atoms with van der Waals surface area (Å²) in [7, 11) is 0. The second-order valence-corrected chi connectivity index (χ2v) is 8.17. The Labute approximate surface area is 171 Å². The van der Waals surface area contributed by atoms with Gasteiger partial charge in [0, 0.05) is 37.4 Å². The van der Waals surface area contributed by atoms with E-state index >= 15 is 0 Å². The molecule has 1 aromatic carbocycles. The van der Waals surface area contributed by atoms with E-state index in [0.29, 0.717) is 6.54 Å². The van der Waals surface area contributed by atoms with E-state index < -0.39 is 0 Å². The zero-order valence-corrected chi connectivity index (χ0v) is 16.9. The molecule has 6 nitrogen and oxygen atoms in total. The highest BCUT2D eigenvalue weighted by Gasteiger charge is 2.31. The number of carbonyl (C=O) groups is 1. The van der Waals surface area contributed by atoms with Crippen molar-refractivity contribution >= 4 is 22.9 Å². The van der Waals surface area contributed by atoms with Crippen molar-refractivity contribution in [1.29, 1.82) is 0 Å². The van der Waals surface area contributed by atoms with Gasteiger partial charge in [-0.15, -0.1) is 0 Å². The molecule has 2 aromatic heterocycles. The molecule has 1 fully saturated rings. The average molecular weight is 390 g/mol. The molecular formula is C23H27N5O. The summed E-state index contributed by atoms with van der Waals surface area (Å²) in [6.07, 6.45) is 7.28. The molecule has 1 aliphatic heterocycles. The molecule has 1 aliphatic carbocycles. The van der Waals surface area contributed by atoms with Gasteiger partial charge >= 0.3 is 6.03 Å². The van der Waals surface area contributed by atoms with Crippen LogP contribution < -0.4 is 5.32 Å². The van der Waals surface area contributed by atoms with Crippen molar-refractivity contribution < 1.29 is 4.79 Å². The molecule has 3 aromatic rings. The number of urea groups is 1. The van der Waals surface area contributed by atoms with Crippen LogP contribution in [0.1, 0.15) is 49.1 Å². The van der Waals surface area contributed by atoms with Crippen LogP contribution >= 0.6 is 0 Å². The Morgan fingerprint density at radius 2 is 2.14 bits per heavy atom. The molecule has 150 valence electrons. The Kier molecular flexibility index (Phi) is 4.70. The summed E-state index contributed by atoms with van der Waals surface area (Å²) in [4.78, 5) is 24.2. The van der Waals surface area contributed by atoms with Crippen LogP contribution in [-0.2, 0) is 19.4 Å². The maximum Gasteiger partial charge on any atom is 0.321 e. The number of carbonyl (C=O) groups excluding carboxylic acids is 1. The van der Waals surface area contributed by atoms with E-state index in [1.807, 2.05) is 29.3 Å². The van der Waals surface area contributed by atoms with Gasteiger partial charge in [0.1, 0.15) is 11.3 Å². The first-order valence-electron chi connectivity index (χ1n) is 10.7.